The first-order valence-electron chi connectivity index (χ1n) is 9.68. The van der Waals surface area contributed by atoms with E-state index in [9.17, 15) is 9.59 Å². The number of rotatable bonds is 6. The topological polar surface area (TPSA) is 87.1 Å². The lowest BCUT2D eigenvalue weighted by molar-refractivity contribution is 0.250. The number of nitrogens with one attached hydrogen (secondary N) is 1. The van der Waals surface area contributed by atoms with Crippen molar-refractivity contribution >= 4 is 16.9 Å². The minimum Gasteiger partial charge on any atom is -0.338 e. The van der Waals surface area contributed by atoms with Gasteiger partial charge in [-0.15, -0.1) is 0 Å². The standard InChI is InChI=1S/C20H24N6O2/c27-18-16-6-1-2-7-17(16)23-20(28)26(18)11-4-3-10-24-12-14-25(15-13-24)19-21-8-5-9-22-19/h1-2,5-9H,3-4,10-15H2,(H,23,28). The Morgan fingerprint density at radius 1 is 0.893 bits per heavy atom. The smallest absolute Gasteiger partial charge is 0.328 e. The second-order valence-corrected chi connectivity index (χ2v) is 7.02. The maximum absolute atomic E-state index is 12.5. The van der Waals surface area contributed by atoms with Gasteiger partial charge in [-0.05, 0) is 37.6 Å². The van der Waals surface area contributed by atoms with Crippen molar-refractivity contribution in [3.8, 4) is 0 Å². The monoisotopic (exact) mass is 380 g/mol. The average Bonchev–Trinajstić information content (AvgIpc) is 2.74. The number of aromatic amines is 1. The van der Waals surface area contributed by atoms with Crippen LogP contribution >= 0.6 is 0 Å². The summed E-state index contributed by atoms with van der Waals surface area (Å²) in [5, 5.41) is 0.557. The number of hydrogen-bond acceptors (Lipinski definition) is 6. The van der Waals surface area contributed by atoms with E-state index in [1.54, 1.807) is 24.5 Å². The molecule has 0 spiro atoms. The minimum atomic E-state index is -0.333. The maximum atomic E-state index is 12.5. The van der Waals surface area contributed by atoms with Crippen molar-refractivity contribution in [2.24, 2.45) is 0 Å². The fraction of sp³-hybridized carbons (Fsp3) is 0.400. The van der Waals surface area contributed by atoms with Gasteiger partial charge < -0.3 is 9.88 Å². The number of anilines is 1. The van der Waals surface area contributed by atoms with Gasteiger partial charge in [-0.1, -0.05) is 12.1 Å². The molecule has 0 amide bonds. The highest BCUT2D eigenvalue weighted by Crippen LogP contribution is 2.10. The summed E-state index contributed by atoms with van der Waals surface area (Å²) in [6, 6.07) is 8.95. The first-order valence-corrected chi connectivity index (χ1v) is 9.68. The Morgan fingerprint density at radius 3 is 2.39 bits per heavy atom. The summed E-state index contributed by atoms with van der Waals surface area (Å²) < 4.78 is 1.31. The fourth-order valence-corrected chi connectivity index (χ4v) is 3.63. The van der Waals surface area contributed by atoms with Crippen LogP contribution in [-0.2, 0) is 6.54 Å². The van der Waals surface area contributed by atoms with Crippen LogP contribution in [0.15, 0.2) is 52.3 Å². The van der Waals surface area contributed by atoms with Gasteiger partial charge in [0.15, 0.2) is 0 Å². The number of aromatic nitrogens is 4. The van der Waals surface area contributed by atoms with E-state index in [0.717, 1.165) is 51.5 Å². The molecular formula is C20H24N6O2. The van der Waals surface area contributed by atoms with Gasteiger partial charge in [0.1, 0.15) is 0 Å². The summed E-state index contributed by atoms with van der Waals surface area (Å²) in [6.07, 6.45) is 5.28. The van der Waals surface area contributed by atoms with Crippen molar-refractivity contribution in [1.82, 2.24) is 24.4 Å². The number of nitrogens with zero attached hydrogens (tertiary/aromatic N) is 5. The van der Waals surface area contributed by atoms with Gasteiger partial charge in [-0.2, -0.15) is 0 Å². The Hall–Kier alpha value is -3.00. The van der Waals surface area contributed by atoms with Crippen molar-refractivity contribution in [3.63, 3.8) is 0 Å². The van der Waals surface area contributed by atoms with Crippen molar-refractivity contribution in [1.29, 1.82) is 0 Å². The van der Waals surface area contributed by atoms with Crippen LogP contribution in [0.5, 0.6) is 0 Å². The zero-order valence-corrected chi connectivity index (χ0v) is 15.8. The first kappa shape index (κ1) is 18.4. The summed E-state index contributed by atoms with van der Waals surface area (Å²) in [4.78, 5) is 40.7. The molecule has 0 saturated carbocycles. The van der Waals surface area contributed by atoms with E-state index < -0.39 is 0 Å². The molecule has 1 fully saturated rings. The molecule has 28 heavy (non-hydrogen) atoms. The summed E-state index contributed by atoms with van der Waals surface area (Å²) in [6.45, 7) is 5.16. The van der Waals surface area contributed by atoms with Gasteiger partial charge in [0.25, 0.3) is 5.56 Å². The number of H-pyrrole nitrogens is 1. The molecule has 1 aromatic carbocycles. The Kier molecular flexibility index (Phi) is 5.48. The molecule has 0 aliphatic carbocycles. The molecule has 8 nitrogen and oxygen atoms in total. The van der Waals surface area contributed by atoms with Crippen LogP contribution in [0.2, 0.25) is 0 Å². The van der Waals surface area contributed by atoms with Crippen molar-refractivity contribution in [2.75, 3.05) is 37.6 Å². The van der Waals surface area contributed by atoms with Crippen LogP contribution in [0, 0.1) is 0 Å². The van der Waals surface area contributed by atoms with E-state index in [1.165, 1.54) is 4.57 Å². The second-order valence-electron chi connectivity index (χ2n) is 7.02. The van der Waals surface area contributed by atoms with Crippen LogP contribution in [0.4, 0.5) is 5.95 Å². The molecule has 146 valence electrons. The zero-order chi connectivity index (χ0) is 19.3. The van der Waals surface area contributed by atoms with Crippen molar-refractivity contribution < 1.29 is 0 Å². The first-order chi connectivity index (χ1) is 13.7. The molecule has 0 atom stereocenters. The molecule has 0 radical (unpaired) electrons. The van der Waals surface area contributed by atoms with E-state index in [-0.39, 0.29) is 11.2 Å². The number of fused-ring (bicyclic) bond motifs is 1. The third-order valence-electron chi connectivity index (χ3n) is 5.20. The van der Waals surface area contributed by atoms with Crippen LogP contribution in [0.3, 0.4) is 0 Å². The lowest BCUT2D eigenvalue weighted by Crippen LogP contribution is -2.47. The predicted octanol–water partition coefficient (Wildman–Crippen LogP) is 1.08. The van der Waals surface area contributed by atoms with Gasteiger partial charge in [0.2, 0.25) is 5.95 Å². The molecule has 8 heteroatoms. The molecule has 4 rings (SSSR count). The lowest BCUT2D eigenvalue weighted by Gasteiger charge is -2.34. The molecule has 2 aromatic heterocycles. The van der Waals surface area contributed by atoms with Crippen LogP contribution in [-0.4, -0.2) is 57.1 Å². The second kappa shape index (κ2) is 8.35. The SMILES string of the molecule is O=c1[nH]c2ccccc2c(=O)n1CCCCN1CCN(c2ncccn2)CC1. The van der Waals surface area contributed by atoms with Gasteiger partial charge in [-0.25, -0.2) is 14.8 Å². The molecule has 1 aliphatic heterocycles. The van der Waals surface area contributed by atoms with E-state index in [1.807, 2.05) is 18.2 Å². The average molecular weight is 380 g/mol. The normalized spacial score (nSPS) is 15.2. The molecule has 3 aromatic rings. The third-order valence-corrected chi connectivity index (χ3v) is 5.20. The van der Waals surface area contributed by atoms with Crippen molar-refractivity contribution in [3.05, 3.63) is 63.6 Å². The van der Waals surface area contributed by atoms with Gasteiger partial charge in [-0.3, -0.25) is 14.3 Å². The fourth-order valence-electron chi connectivity index (χ4n) is 3.63. The highest BCUT2D eigenvalue weighted by Gasteiger charge is 2.18. The molecule has 1 aliphatic rings. The van der Waals surface area contributed by atoms with Gasteiger partial charge >= 0.3 is 5.69 Å². The number of benzene rings is 1. The maximum Gasteiger partial charge on any atom is 0.328 e. The Morgan fingerprint density at radius 2 is 1.61 bits per heavy atom. The number of para-hydroxylation sites is 1. The lowest BCUT2D eigenvalue weighted by atomic mass is 10.2. The Labute approximate surface area is 162 Å². The number of unbranched alkanes of at least 4 members (excludes halogenated alkanes) is 1. The predicted molar refractivity (Wildman–Crippen MR) is 109 cm³/mol. The highest BCUT2D eigenvalue weighted by molar-refractivity contribution is 5.76. The van der Waals surface area contributed by atoms with E-state index >= 15 is 0 Å². The summed E-state index contributed by atoms with van der Waals surface area (Å²) >= 11 is 0. The number of piperazine rings is 1. The Bertz CT molecular complexity index is 1040. The van der Waals surface area contributed by atoms with Crippen LogP contribution < -0.4 is 16.1 Å². The molecular weight excluding hydrogens is 356 g/mol. The molecule has 1 saturated heterocycles. The summed E-state index contributed by atoms with van der Waals surface area (Å²) in [5.74, 6) is 0.789. The summed E-state index contributed by atoms with van der Waals surface area (Å²) in [5.41, 5.74) is 0.0463. The zero-order valence-electron chi connectivity index (χ0n) is 15.8. The largest absolute Gasteiger partial charge is 0.338 e. The third kappa shape index (κ3) is 3.96. The quantitative estimate of drug-likeness (QED) is 0.644. The number of hydrogen-bond donors (Lipinski definition) is 1. The molecule has 0 unspecified atom stereocenters. The molecule has 0 bridgehead atoms. The van der Waals surface area contributed by atoms with Gasteiger partial charge in [0.05, 0.1) is 10.9 Å². The van der Waals surface area contributed by atoms with Gasteiger partial charge in [0, 0.05) is 45.1 Å². The van der Waals surface area contributed by atoms with Crippen LogP contribution in [0.1, 0.15) is 12.8 Å². The summed E-state index contributed by atoms with van der Waals surface area (Å²) in [7, 11) is 0. The van der Waals surface area contributed by atoms with E-state index in [0.29, 0.717) is 17.4 Å². The van der Waals surface area contributed by atoms with Crippen molar-refractivity contribution in [2.45, 2.75) is 19.4 Å². The molecule has 1 N–H and O–H groups in total. The Balaban J connectivity index is 1.27. The van der Waals surface area contributed by atoms with E-state index in [2.05, 4.69) is 24.8 Å². The van der Waals surface area contributed by atoms with Crippen LogP contribution in [0.25, 0.3) is 10.9 Å². The molecule has 3 heterocycles. The minimum absolute atomic E-state index is 0.212. The van der Waals surface area contributed by atoms with E-state index in [4.69, 9.17) is 0 Å². The highest BCUT2D eigenvalue weighted by atomic mass is 16.2.